The molecule has 1 aromatic carbocycles. The standard InChI is InChI=1S/C12H17ClN2.ClH/c13-11-3-1-9(2-4-11)12(14)10-5-7-15-8-6-10;/h1-4,10,12,15H,5-8,14H2;1H. The van der Waals surface area contributed by atoms with Gasteiger partial charge in [-0.3, -0.25) is 0 Å². The monoisotopic (exact) mass is 260 g/mol. The Labute approximate surface area is 108 Å². The molecule has 1 fully saturated rings. The van der Waals surface area contributed by atoms with Crippen molar-refractivity contribution in [2.45, 2.75) is 18.9 Å². The fourth-order valence-electron chi connectivity index (χ4n) is 2.16. The van der Waals surface area contributed by atoms with Gasteiger partial charge in [0.2, 0.25) is 0 Å². The Kier molecular flexibility index (Phi) is 5.56. The van der Waals surface area contributed by atoms with Crippen molar-refractivity contribution >= 4 is 24.0 Å². The molecule has 4 heteroatoms. The number of halogens is 2. The molecular weight excluding hydrogens is 243 g/mol. The molecule has 90 valence electrons. The van der Waals surface area contributed by atoms with Crippen LogP contribution in [0.15, 0.2) is 24.3 Å². The SMILES string of the molecule is Cl.NC(c1ccc(Cl)cc1)C1CCNCC1. The van der Waals surface area contributed by atoms with Crippen molar-refractivity contribution in [3.8, 4) is 0 Å². The summed E-state index contributed by atoms with van der Waals surface area (Å²) < 4.78 is 0. The van der Waals surface area contributed by atoms with E-state index in [0.29, 0.717) is 5.92 Å². The van der Waals surface area contributed by atoms with Crippen molar-refractivity contribution in [2.75, 3.05) is 13.1 Å². The van der Waals surface area contributed by atoms with E-state index in [1.807, 2.05) is 24.3 Å². The summed E-state index contributed by atoms with van der Waals surface area (Å²) >= 11 is 5.85. The van der Waals surface area contributed by atoms with Gasteiger partial charge in [-0.15, -0.1) is 12.4 Å². The van der Waals surface area contributed by atoms with Crippen molar-refractivity contribution < 1.29 is 0 Å². The van der Waals surface area contributed by atoms with Gasteiger partial charge in [-0.25, -0.2) is 0 Å². The maximum atomic E-state index is 6.25. The molecule has 1 unspecified atom stereocenters. The largest absolute Gasteiger partial charge is 0.324 e. The van der Waals surface area contributed by atoms with Crippen molar-refractivity contribution in [1.29, 1.82) is 0 Å². The summed E-state index contributed by atoms with van der Waals surface area (Å²) in [6, 6.07) is 8.06. The maximum absolute atomic E-state index is 6.25. The molecule has 1 heterocycles. The third-order valence-corrected chi connectivity index (χ3v) is 3.40. The lowest BCUT2D eigenvalue weighted by Crippen LogP contribution is -2.33. The summed E-state index contributed by atoms with van der Waals surface area (Å²) in [5, 5.41) is 4.13. The molecule has 1 saturated heterocycles. The number of nitrogens with two attached hydrogens (primary N) is 1. The Morgan fingerprint density at radius 1 is 1.19 bits per heavy atom. The lowest BCUT2D eigenvalue weighted by molar-refractivity contribution is 0.322. The molecule has 1 aliphatic rings. The summed E-state index contributed by atoms with van der Waals surface area (Å²) in [6.07, 6.45) is 2.34. The highest BCUT2D eigenvalue weighted by Gasteiger charge is 2.21. The molecule has 3 N–H and O–H groups in total. The number of rotatable bonds is 2. The third-order valence-electron chi connectivity index (χ3n) is 3.15. The quantitative estimate of drug-likeness (QED) is 0.859. The molecule has 0 aliphatic carbocycles. The van der Waals surface area contributed by atoms with Crippen LogP contribution in [0.4, 0.5) is 0 Å². The van der Waals surface area contributed by atoms with Crippen LogP contribution >= 0.6 is 24.0 Å². The first-order valence-electron chi connectivity index (χ1n) is 5.49. The van der Waals surface area contributed by atoms with Gasteiger partial charge in [-0.05, 0) is 49.5 Å². The van der Waals surface area contributed by atoms with E-state index in [9.17, 15) is 0 Å². The second-order valence-corrected chi connectivity index (χ2v) is 4.60. The number of piperidine rings is 1. The number of benzene rings is 1. The van der Waals surface area contributed by atoms with Crippen LogP contribution in [0.3, 0.4) is 0 Å². The Bertz CT molecular complexity index is 307. The van der Waals surface area contributed by atoms with Gasteiger partial charge in [0.15, 0.2) is 0 Å². The zero-order chi connectivity index (χ0) is 10.7. The van der Waals surface area contributed by atoms with Crippen LogP contribution in [0.25, 0.3) is 0 Å². The van der Waals surface area contributed by atoms with E-state index in [-0.39, 0.29) is 18.4 Å². The first-order chi connectivity index (χ1) is 7.27. The number of hydrogen-bond donors (Lipinski definition) is 2. The average Bonchev–Trinajstić information content (AvgIpc) is 2.30. The minimum absolute atomic E-state index is 0. The fraction of sp³-hybridized carbons (Fsp3) is 0.500. The van der Waals surface area contributed by atoms with Crippen LogP contribution in [0.5, 0.6) is 0 Å². The maximum Gasteiger partial charge on any atom is 0.0406 e. The second kappa shape index (κ2) is 6.45. The third kappa shape index (κ3) is 3.36. The fourth-order valence-corrected chi connectivity index (χ4v) is 2.29. The smallest absolute Gasteiger partial charge is 0.0406 e. The molecule has 2 nitrogen and oxygen atoms in total. The van der Waals surface area contributed by atoms with Gasteiger partial charge in [0.1, 0.15) is 0 Å². The molecule has 16 heavy (non-hydrogen) atoms. The number of hydrogen-bond acceptors (Lipinski definition) is 2. The van der Waals surface area contributed by atoms with Crippen LogP contribution in [0.2, 0.25) is 5.02 Å². The molecular formula is C12H18Cl2N2. The van der Waals surface area contributed by atoms with Crippen molar-refractivity contribution in [1.82, 2.24) is 5.32 Å². The van der Waals surface area contributed by atoms with Crippen LogP contribution in [0.1, 0.15) is 24.4 Å². The lowest BCUT2D eigenvalue weighted by Gasteiger charge is -2.28. The van der Waals surface area contributed by atoms with E-state index in [4.69, 9.17) is 17.3 Å². The predicted molar refractivity (Wildman–Crippen MR) is 71.2 cm³/mol. The van der Waals surface area contributed by atoms with Crippen LogP contribution < -0.4 is 11.1 Å². The summed E-state index contributed by atoms with van der Waals surface area (Å²) in [5.41, 5.74) is 7.45. The summed E-state index contributed by atoms with van der Waals surface area (Å²) in [7, 11) is 0. The van der Waals surface area contributed by atoms with E-state index < -0.39 is 0 Å². The summed E-state index contributed by atoms with van der Waals surface area (Å²) in [5.74, 6) is 0.604. The van der Waals surface area contributed by atoms with Crippen molar-refractivity contribution in [3.05, 3.63) is 34.9 Å². The Morgan fingerprint density at radius 2 is 1.75 bits per heavy atom. The Balaban J connectivity index is 0.00000128. The van der Waals surface area contributed by atoms with Gasteiger partial charge in [0.25, 0.3) is 0 Å². The first kappa shape index (κ1) is 13.8. The average molecular weight is 261 g/mol. The minimum Gasteiger partial charge on any atom is -0.324 e. The Hall–Kier alpha value is -0.280. The zero-order valence-electron chi connectivity index (χ0n) is 9.16. The molecule has 0 bridgehead atoms. The Morgan fingerprint density at radius 3 is 2.31 bits per heavy atom. The van der Waals surface area contributed by atoms with E-state index in [0.717, 1.165) is 18.1 Å². The highest BCUT2D eigenvalue weighted by atomic mass is 35.5. The van der Waals surface area contributed by atoms with Gasteiger partial charge in [0.05, 0.1) is 0 Å². The van der Waals surface area contributed by atoms with Crippen molar-refractivity contribution in [3.63, 3.8) is 0 Å². The van der Waals surface area contributed by atoms with Gasteiger partial charge < -0.3 is 11.1 Å². The van der Waals surface area contributed by atoms with Crippen molar-refractivity contribution in [2.24, 2.45) is 11.7 Å². The topological polar surface area (TPSA) is 38.0 Å². The van der Waals surface area contributed by atoms with Gasteiger partial charge in [-0.2, -0.15) is 0 Å². The summed E-state index contributed by atoms with van der Waals surface area (Å²) in [4.78, 5) is 0. The predicted octanol–water partition coefficient (Wildman–Crippen LogP) is 2.76. The van der Waals surface area contributed by atoms with E-state index >= 15 is 0 Å². The van der Waals surface area contributed by atoms with Crippen LogP contribution in [-0.2, 0) is 0 Å². The highest BCUT2D eigenvalue weighted by Crippen LogP contribution is 2.27. The van der Waals surface area contributed by atoms with Crippen LogP contribution in [0, 0.1) is 5.92 Å². The van der Waals surface area contributed by atoms with Gasteiger partial charge >= 0.3 is 0 Å². The molecule has 1 aliphatic heterocycles. The lowest BCUT2D eigenvalue weighted by atomic mass is 9.87. The van der Waals surface area contributed by atoms with E-state index in [2.05, 4.69) is 5.32 Å². The first-order valence-corrected chi connectivity index (χ1v) is 5.87. The van der Waals surface area contributed by atoms with E-state index in [1.165, 1.54) is 18.4 Å². The zero-order valence-corrected chi connectivity index (χ0v) is 10.7. The molecule has 1 aromatic rings. The molecule has 0 spiro atoms. The highest BCUT2D eigenvalue weighted by molar-refractivity contribution is 6.30. The van der Waals surface area contributed by atoms with E-state index in [1.54, 1.807) is 0 Å². The molecule has 1 atom stereocenters. The minimum atomic E-state index is 0. The summed E-state index contributed by atoms with van der Waals surface area (Å²) in [6.45, 7) is 2.18. The normalized spacial score (nSPS) is 18.9. The second-order valence-electron chi connectivity index (χ2n) is 4.16. The molecule has 0 amide bonds. The molecule has 0 aromatic heterocycles. The molecule has 0 radical (unpaired) electrons. The van der Waals surface area contributed by atoms with Gasteiger partial charge in [0, 0.05) is 11.1 Å². The number of nitrogens with one attached hydrogen (secondary N) is 1. The van der Waals surface area contributed by atoms with Crippen LogP contribution in [-0.4, -0.2) is 13.1 Å². The molecule has 0 saturated carbocycles. The molecule has 2 rings (SSSR count). The van der Waals surface area contributed by atoms with Gasteiger partial charge in [-0.1, -0.05) is 23.7 Å².